The van der Waals surface area contributed by atoms with Gasteiger partial charge in [-0.15, -0.1) is 0 Å². The highest BCUT2D eigenvalue weighted by Crippen LogP contribution is 2.40. The predicted molar refractivity (Wildman–Crippen MR) is 160 cm³/mol. The summed E-state index contributed by atoms with van der Waals surface area (Å²) in [5.41, 5.74) is 0.346. The van der Waals surface area contributed by atoms with Crippen LogP contribution in [0.5, 0.6) is 11.5 Å². The molecule has 4 rings (SSSR count). The molecule has 1 aromatic heterocycles. The Hall–Kier alpha value is -2.74. The SMILES string of the molecule is CCCN(CCCN1C(=O)c2cc3c(OC)ccc(OC)c3n2CC1(C)C(=O)NC1CCCCCC1)CC(C)C. The molecular weight excluding hydrogens is 504 g/mol. The van der Waals surface area contributed by atoms with Gasteiger partial charge < -0.3 is 29.2 Å². The van der Waals surface area contributed by atoms with E-state index in [0.717, 1.165) is 69.1 Å². The summed E-state index contributed by atoms with van der Waals surface area (Å²) < 4.78 is 13.3. The summed E-state index contributed by atoms with van der Waals surface area (Å²) in [5, 5.41) is 4.20. The van der Waals surface area contributed by atoms with Gasteiger partial charge in [-0.25, -0.2) is 0 Å². The van der Waals surface area contributed by atoms with Crippen LogP contribution in [0.2, 0.25) is 0 Å². The first-order valence-electron chi connectivity index (χ1n) is 15.3. The van der Waals surface area contributed by atoms with Gasteiger partial charge in [-0.2, -0.15) is 0 Å². The minimum Gasteiger partial charge on any atom is -0.496 e. The Kier molecular flexibility index (Phi) is 10.0. The van der Waals surface area contributed by atoms with Crippen molar-refractivity contribution in [2.24, 2.45) is 5.92 Å². The normalized spacial score (nSPS) is 20.2. The number of benzene rings is 1. The van der Waals surface area contributed by atoms with Gasteiger partial charge >= 0.3 is 0 Å². The van der Waals surface area contributed by atoms with Crippen LogP contribution in [-0.4, -0.2) is 78.2 Å². The molecule has 1 unspecified atom stereocenters. The maximum Gasteiger partial charge on any atom is 0.271 e. The van der Waals surface area contributed by atoms with E-state index in [4.69, 9.17) is 9.47 Å². The molecule has 40 heavy (non-hydrogen) atoms. The number of carbonyl (C=O) groups excluding carboxylic acids is 2. The molecule has 0 spiro atoms. The molecule has 1 aromatic carbocycles. The molecule has 1 fully saturated rings. The monoisotopic (exact) mass is 554 g/mol. The fraction of sp³-hybridized carbons (Fsp3) is 0.688. The molecule has 8 nitrogen and oxygen atoms in total. The van der Waals surface area contributed by atoms with Crippen molar-refractivity contribution in [3.8, 4) is 11.5 Å². The molecule has 2 heterocycles. The van der Waals surface area contributed by atoms with Crippen LogP contribution in [0.3, 0.4) is 0 Å². The lowest BCUT2D eigenvalue weighted by Crippen LogP contribution is -2.65. The summed E-state index contributed by atoms with van der Waals surface area (Å²) >= 11 is 0. The van der Waals surface area contributed by atoms with Crippen molar-refractivity contribution in [3.63, 3.8) is 0 Å². The van der Waals surface area contributed by atoms with Crippen molar-refractivity contribution in [1.82, 2.24) is 19.7 Å². The van der Waals surface area contributed by atoms with E-state index in [2.05, 4.69) is 31.0 Å². The predicted octanol–water partition coefficient (Wildman–Crippen LogP) is 5.47. The highest BCUT2D eigenvalue weighted by molar-refractivity contribution is 6.05. The van der Waals surface area contributed by atoms with Crippen LogP contribution >= 0.6 is 0 Å². The van der Waals surface area contributed by atoms with E-state index in [9.17, 15) is 9.59 Å². The van der Waals surface area contributed by atoms with Crippen LogP contribution in [0, 0.1) is 5.92 Å². The first-order valence-corrected chi connectivity index (χ1v) is 15.3. The molecule has 2 amide bonds. The van der Waals surface area contributed by atoms with E-state index in [1.807, 2.05) is 34.6 Å². The van der Waals surface area contributed by atoms with Crippen molar-refractivity contribution in [2.75, 3.05) is 40.4 Å². The number of ether oxygens (including phenoxy) is 2. The van der Waals surface area contributed by atoms with Crippen LogP contribution in [0.15, 0.2) is 18.2 Å². The number of hydrogen-bond acceptors (Lipinski definition) is 5. The highest BCUT2D eigenvalue weighted by atomic mass is 16.5. The molecule has 1 aliphatic carbocycles. The van der Waals surface area contributed by atoms with Gasteiger partial charge in [0.2, 0.25) is 5.91 Å². The molecule has 1 N–H and O–H groups in total. The van der Waals surface area contributed by atoms with E-state index < -0.39 is 5.54 Å². The summed E-state index contributed by atoms with van der Waals surface area (Å²) in [5.74, 6) is 1.76. The van der Waals surface area contributed by atoms with Crippen molar-refractivity contribution < 1.29 is 19.1 Å². The van der Waals surface area contributed by atoms with Gasteiger partial charge in [0.25, 0.3) is 5.91 Å². The number of amides is 2. The second kappa shape index (κ2) is 13.3. The van der Waals surface area contributed by atoms with E-state index in [0.29, 0.717) is 36.2 Å². The quantitative estimate of drug-likeness (QED) is 0.352. The van der Waals surface area contributed by atoms with E-state index >= 15 is 0 Å². The molecule has 222 valence electrons. The third-order valence-electron chi connectivity index (χ3n) is 8.65. The molecule has 1 aliphatic heterocycles. The minimum atomic E-state index is -1.02. The first kappa shape index (κ1) is 30.2. The van der Waals surface area contributed by atoms with Crippen molar-refractivity contribution in [3.05, 3.63) is 23.9 Å². The number of nitrogens with one attached hydrogen (secondary N) is 1. The third kappa shape index (κ3) is 6.27. The maximum absolute atomic E-state index is 14.3. The van der Waals surface area contributed by atoms with Crippen LogP contribution in [-0.2, 0) is 11.3 Å². The molecule has 1 saturated carbocycles. The molecule has 0 bridgehead atoms. The maximum atomic E-state index is 14.3. The number of fused-ring (bicyclic) bond motifs is 3. The summed E-state index contributed by atoms with van der Waals surface area (Å²) in [6.45, 7) is 12.5. The molecule has 2 aromatic rings. The van der Waals surface area contributed by atoms with Crippen LogP contribution in [0.4, 0.5) is 0 Å². The Morgan fingerprint density at radius 2 is 1.77 bits per heavy atom. The van der Waals surface area contributed by atoms with Gasteiger partial charge in [0.1, 0.15) is 22.7 Å². The lowest BCUT2D eigenvalue weighted by molar-refractivity contribution is -0.133. The third-order valence-corrected chi connectivity index (χ3v) is 8.65. The molecular formula is C32H50N4O4. The number of hydrogen-bond donors (Lipinski definition) is 1. The number of aromatic nitrogens is 1. The fourth-order valence-electron chi connectivity index (χ4n) is 6.65. The Morgan fingerprint density at radius 3 is 2.40 bits per heavy atom. The summed E-state index contributed by atoms with van der Waals surface area (Å²) in [4.78, 5) is 32.7. The zero-order valence-electron chi connectivity index (χ0n) is 25.6. The summed E-state index contributed by atoms with van der Waals surface area (Å²) in [6.07, 6.45) is 8.63. The van der Waals surface area contributed by atoms with E-state index in [1.165, 1.54) is 12.8 Å². The van der Waals surface area contributed by atoms with Gasteiger partial charge in [0.15, 0.2) is 0 Å². The largest absolute Gasteiger partial charge is 0.496 e. The average molecular weight is 555 g/mol. The molecule has 0 saturated heterocycles. The van der Waals surface area contributed by atoms with Crippen LogP contribution in [0.25, 0.3) is 10.9 Å². The lowest BCUT2D eigenvalue weighted by atomic mass is 9.93. The second-order valence-electron chi connectivity index (χ2n) is 12.3. The van der Waals surface area contributed by atoms with Crippen molar-refractivity contribution >= 4 is 22.7 Å². The average Bonchev–Trinajstić information content (AvgIpc) is 3.11. The molecule has 0 radical (unpaired) electrons. The fourth-order valence-corrected chi connectivity index (χ4v) is 6.65. The smallest absolute Gasteiger partial charge is 0.271 e. The van der Waals surface area contributed by atoms with Crippen molar-refractivity contribution in [2.45, 2.75) is 97.2 Å². The van der Waals surface area contributed by atoms with Gasteiger partial charge in [-0.3, -0.25) is 9.59 Å². The molecule has 1 atom stereocenters. The van der Waals surface area contributed by atoms with E-state index in [1.54, 1.807) is 14.2 Å². The van der Waals surface area contributed by atoms with Gasteiger partial charge in [-0.1, -0.05) is 46.5 Å². The van der Waals surface area contributed by atoms with Crippen molar-refractivity contribution in [1.29, 1.82) is 0 Å². The Balaban J connectivity index is 1.69. The van der Waals surface area contributed by atoms with Crippen LogP contribution in [0.1, 0.15) is 89.5 Å². The topological polar surface area (TPSA) is 76.0 Å². The van der Waals surface area contributed by atoms with Gasteiger partial charge in [-0.05, 0) is 69.8 Å². The zero-order valence-corrected chi connectivity index (χ0v) is 25.6. The Labute approximate surface area is 240 Å². The molecule has 8 heteroatoms. The van der Waals surface area contributed by atoms with Crippen LogP contribution < -0.4 is 14.8 Å². The zero-order chi connectivity index (χ0) is 28.9. The lowest BCUT2D eigenvalue weighted by Gasteiger charge is -2.45. The number of carbonyl (C=O) groups is 2. The van der Waals surface area contributed by atoms with E-state index in [-0.39, 0.29) is 17.9 Å². The highest BCUT2D eigenvalue weighted by Gasteiger charge is 2.48. The standard InChI is InChI=1S/C32H50N4O4/c1-7-17-34(21-23(2)3)18-12-19-36-30(37)26-20-25-27(39-5)15-16-28(40-6)29(25)35(26)22-32(36,4)31(38)33-24-13-10-8-9-11-14-24/h15-16,20,23-24H,7-14,17-19,21-22H2,1-6H3,(H,33,38). The summed E-state index contributed by atoms with van der Waals surface area (Å²) in [7, 11) is 3.27. The molecule has 2 aliphatic rings. The number of nitrogens with zero attached hydrogens (tertiary/aromatic N) is 3. The second-order valence-corrected chi connectivity index (χ2v) is 12.3. The Bertz CT molecular complexity index is 1170. The minimum absolute atomic E-state index is 0.0605. The number of methoxy groups -OCH3 is 2. The van der Waals surface area contributed by atoms with Gasteiger partial charge in [0.05, 0.1) is 26.3 Å². The summed E-state index contributed by atoms with van der Waals surface area (Å²) in [6, 6.07) is 5.79. The number of rotatable bonds is 12. The Morgan fingerprint density at radius 1 is 1.10 bits per heavy atom. The first-order chi connectivity index (χ1) is 19.2. The van der Waals surface area contributed by atoms with Gasteiger partial charge in [0, 0.05) is 24.5 Å².